The van der Waals surface area contributed by atoms with Crippen molar-refractivity contribution in [1.82, 2.24) is 15.6 Å². The molecule has 124 valence electrons. The number of hydrogen-bond acceptors (Lipinski definition) is 5. The zero-order valence-corrected chi connectivity index (χ0v) is 13.3. The Morgan fingerprint density at radius 3 is 2.92 bits per heavy atom. The molecule has 24 heavy (non-hydrogen) atoms. The lowest BCUT2D eigenvalue weighted by Crippen LogP contribution is -2.31. The van der Waals surface area contributed by atoms with E-state index >= 15 is 0 Å². The molecule has 2 heterocycles. The lowest BCUT2D eigenvalue weighted by molar-refractivity contribution is 0.0956. The van der Waals surface area contributed by atoms with Gasteiger partial charge < -0.3 is 20.2 Å². The summed E-state index contributed by atoms with van der Waals surface area (Å²) in [6.45, 7) is 1.02. The monoisotopic (exact) mass is 344 g/mol. The van der Waals surface area contributed by atoms with Gasteiger partial charge in [-0.15, -0.1) is 0 Å². The van der Waals surface area contributed by atoms with E-state index in [-0.39, 0.29) is 22.4 Å². The maximum absolute atomic E-state index is 12.5. The van der Waals surface area contributed by atoms with Gasteiger partial charge in [0, 0.05) is 41.3 Å². The average Bonchev–Trinajstić information content (AvgIpc) is 2.60. The van der Waals surface area contributed by atoms with Crippen molar-refractivity contribution in [3.8, 4) is 0 Å². The summed E-state index contributed by atoms with van der Waals surface area (Å²) in [5, 5.41) is 5.85. The molecule has 3 N–H and O–H groups in total. The van der Waals surface area contributed by atoms with Crippen molar-refractivity contribution < 1.29 is 13.6 Å². The van der Waals surface area contributed by atoms with Crippen LogP contribution in [0.25, 0.3) is 10.9 Å². The Labute approximate surface area is 139 Å². The van der Waals surface area contributed by atoms with E-state index in [2.05, 4.69) is 15.6 Å². The van der Waals surface area contributed by atoms with Gasteiger partial charge in [-0.25, -0.2) is 0 Å². The van der Waals surface area contributed by atoms with Gasteiger partial charge in [-0.2, -0.15) is 0 Å². The lowest BCUT2D eigenvalue weighted by atomic mass is 10.1. The third-order valence-corrected chi connectivity index (χ3v) is 4.24. The van der Waals surface area contributed by atoms with Gasteiger partial charge in [0.1, 0.15) is 5.56 Å². The zero-order chi connectivity index (χ0) is 17.1. The molecule has 7 nitrogen and oxygen atoms in total. The molecular formula is C16H14N3O4S-. The third kappa shape index (κ3) is 3.29. The van der Waals surface area contributed by atoms with Gasteiger partial charge >= 0.3 is 0 Å². The van der Waals surface area contributed by atoms with Crippen molar-refractivity contribution in [2.45, 2.75) is 4.90 Å². The van der Waals surface area contributed by atoms with E-state index in [4.69, 9.17) is 0 Å². The molecule has 1 aliphatic rings. The molecule has 2 aromatic rings. The number of aromatic amines is 1. The summed E-state index contributed by atoms with van der Waals surface area (Å²) >= 11 is -2.44. The number of pyridine rings is 1. The van der Waals surface area contributed by atoms with Crippen LogP contribution in [0.15, 0.2) is 58.0 Å². The molecule has 1 atom stereocenters. The van der Waals surface area contributed by atoms with Gasteiger partial charge in [-0.1, -0.05) is 12.2 Å². The zero-order valence-electron chi connectivity index (χ0n) is 12.5. The van der Waals surface area contributed by atoms with Crippen LogP contribution in [0.3, 0.4) is 0 Å². The number of amides is 1. The number of fused-ring (bicyclic) bond motifs is 1. The minimum absolute atomic E-state index is 0.00543. The standard InChI is InChI=1S/C16H15N3O4S/c20-15-12-6-11(24(22)23)3-4-14(12)18-9-13(15)16(21)19-8-10-2-1-5-17-7-10/h1-4,6-7,9,17H,5,8H2,(H,18,20)(H,19,21)(H,22,23)/p-1. The van der Waals surface area contributed by atoms with E-state index in [0.717, 1.165) is 12.1 Å². The maximum atomic E-state index is 12.5. The first-order valence-corrected chi connectivity index (χ1v) is 8.25. The number of benzene rings is 1. The maximum Gasteiger partial charge on any atom is 0.257 e. The molecule has 1 unspecified atom stereocenters. The first kappa shape index (κ1) is 16.2. The molecule has 0 saturated heterocycles. The SMILES string of the molecule is O=C(NCC1=CNCC=C1)c1c[nH]c2ccc(S(=O)[O-])cc2c1=O. The van der Waals surface area contributed by atoms with Crippen LogP contribution in [0.2, 0.25) is 0 Å². The van der Waals surface area contributed by atoms with Gasteiger partial charge in [0.25, 0.3) is 5.91 Å². The van der Waals surface area contributed by atoms with Crippen molar-refractivity contribution in [2.75, 3.05) is 13.1 Å². The van der Waals surface area contributed by atoms with Crippen molar-refractivity contribution in [2.24, 2.45) is 0 Å². The van der Waals surface area contributed by atoms with Gasteiger partial charge in [-0.3, -0.25) is 13.8 Å². The molecule has 0 saturated carbocycles. The van der Waals surface area contributed by atoms with Crippen LogP contribution in [0, 0.1) is 0 Å². The Kier molecular flexibility index (Phi) is 4.59. The predicted molar refractivity (Wildman–Crippen MR) is 89.3 cm³/mol. The molecule has 0 fully saturated rings. The topological polar surface area (TPSA) is 114 Å². The fourth-order valence-corrected chi connectivity index (χ4v) is 2.77. The summed E-state index contributed by atoms with van der Waals surface area (Å²) in [5.74, 6) is -0.522. The van der Waals surface area contributed by atoms with Crippen molar-refractivity contribution in [3.05, 3.63) is 64.1 Å². The van der Waals surface area contributed by atoms with E-state index in [1.54, 1.807) is 6.20 Å². The second-order valence-electron chi connectivity index (χ2n) is 5.19. The largest absolute Gasteiger partial charge is 0.768 e. The van der Waals surface area contributed by atoms with Gasteiger partial charge in [0.2, 0.25) is 5.43 Å². The van der Waals surface area contributed by atoms with Crippen LogP contribution in [-0.2, 0) is 11.1 Å². The molecule has 0 spiro atoms. The highest BCUT2D eigenvalue weighted by atomic mass is 32.2. The van der Waals surface area contributed by atoms with Crippen molar-refractivity contribution in [1.29, 1.82) is 0 Å². The van der Waals surface area contributed by atoms with Crippen molar-refractivity contribution in [3.63, 3.8) is 0 Å². The van der Waals surface area contributed by atoms with E-state index in [0.29, 0.717) is 5.52 Å². The molecule has 1 amide bonds. The van der Waals surface area contributed by atoms with Gasteiger partial charge in [-0.05, 0) is 34.9 Å². The lowest BCUT2D eigenvalue weighted by Gasteiger charge is -2.10. The summed E-state index contributed by atoms with van der Waals surface area (Å²) in [6.07, 6.45) is 6.93. The summed E-state index contributed by atoms with van der Waals surface area (Å²) in [7, 11) is 0. The molecule has 1 aliphatic heterocycles. The predicted octanol–water partition coefficient (Wildman–Crippen LogP) is 0.539. The third-order valence-electron chi connectivity index (χ3n) is 3.60. The second kappa shape index (κ2) is 6.81. The molecule has 1 aromatic heterocycles. The Hall–Kier alpha value is -2.71. The van der Waals surface area contributed by atoms with Gasteiger partial charge in [0.05, 0.1) is 0 Å². The van der Waals surface area contributed by atoms with Crippen LogP contribution in [-0.4, -0.2) is 32.7 Å². The highest BCUT2D eigenvalue weighted by molar-refractivity contribution is 7.79. The molecule has 0 radical (unpaired) electrons. The second-order valence-corrected chi connectivity index (χ2v) is 6.13. The number of dihydropyridines is 1. The quantitative estimate of drug-likeness (QED) is 0.701. The Morgan fingerprint density at radius 1 is 1.38 bits per heavy atom. The fraction of sp³-hybridized carbons (Fsp3) is 0.125. The molecule has 0 bridgehead atoms. The number of carbonyl (C=O) groups excluding carboxylic acids is 1. The molecular weight excluding hydrogens is 330 g/mol. The first-order chi connectivity index (χ1) is 11.6. The van der Waals surface area contributed by atoms with Crippen LogP contribution in [0.4, 0.5) is 0 Å². The van der Waals surface area contributed by atoms with E-state index in [1.165, 1.54) is 24.4 Å². The van der Waals surface area contributed by atoms with Crippen LogP contribution < -0.4 is 16.1 Å². The summed E-state index contributed by atoms with van der Waals surface area (Å²) in [4.78, 5) is 27.6. The molecule has 3 rings (SSSR count). The molecule has 0 aliphatic carbocycles. The van der Waals surface area contributed by atoms with Crippen molar-refractivity contribution >= 4 is 27.9 Å². The number of aromatic nitrogens is 1. The molecule has 8 heteroatoms. The number of nitrogens with one attached hydrogen (secondary N) is 3. The Bertz CT molecular complexity index is 946. The van der Waals surface area contributed by atoms with Crippen LogP contribution in [0.5, 0.6) is 0 Å². The normalized spacial score (nSPS) is 14.8. The number of H-pyrrole nitrogens is 1. The van der Waals surface area contributed by atoms with E-state index in [9.17, 15) is 18.4 Å². The number of carbonyl (C=O) groups is 1. The Morgan fingerprint density at radius 2 is 2.21 bits per heavy atom. The summed E-state index contributed by atoms with van der Waals surface area (Å²) < 4.78 is 22.1. The minimum Gasteiger partial charge on any atom is -0.768 e. The van der Waals surface area contributed by atoms with E-state index in [1.807, 2.05) is 12.2 Å². The summed E-state index contributed by atoms with van der Waals surface area (Å²) in [5.41, 5.74) is 0.772. The average molecular weight is 344 g/mol. The number of rotatable bonds is 4. The van der Waals surface area contributed by atoms with Gasteiger partial charge in [0.15, 0.2) is 0 Å². The molecule has 1 aromatic carbocycles. The Balaban J connectivity index is 1.88. The number of hydrogen-bond donors (Lipinski definition) is 3. The van der Waals surface area contributed by atoms with Crippen LogP contribution in [0.1, 0.15) is 10.4 Å². The van der Waals surface area contributed by atoms with E-state index < -0.39 is 22.4 Å². The first-order valence-electron chi connectivity index (χ1n) is 7.18. The van der Waals surface area contributed by atoms with Crippen LogP contribution >= 0.6 is 0 Å². The highest BCUT2D eigenvalue weighted by Gasteiger charge is 2.13. The fourth-order valence-electron chi connectivity index (χ4n) is 2.37. The summed E-state index contributed by atoms with van der Waals surface area (Å²) in [6, 6.07) is 4.13. The smallest absolute Gasteiger partial charge is 0.257 e. The highest BCUT2D eigenvalue weighted by Crippen LogP contribution is 2.13. The minimum atomic E-state index is -2.44.